The Hall–Kier alpha value is -3.82. The van der Waals surface area contributed by atoms with Crippen molar-refractivity contribution in [3.8, 4) is 0 Å². The van der Waals surface area contributed by atoms with Crippen LogP contribution in [0, 0.1) is 0 Å². The van der Waals surface area contributed by atoms with E-state index in [1.165, 1.54) is 0 Å². The van der Waals surface area contributed by atoms with Gasteiger partial charge in [-0.3, -0.25) is 9.59 Å². The van der Waals surface area contributed by atoms with Gasteiger partial charge in [0, 0.05) is 11.3 Å². The summed E-state index contributed by atoms with van der Waals surface area (Å²) in [7, 11) is 1.11. The maximum absolute atomic E-state index is 13.4. The molecule has 0 saturated carbocycles. The number of amides is 1. The quantitative estimate of drug-likeness (QED) is 0.499. The number of esters is 3. The van der Waals surface area contributed by atoms with Gasteiger partial charge in [-0.2, -0.15) is 0 Å². The fourth-order valence-corrected chi connectivity index (χ4v) is 3.80. The lowest BCUT2D eigenvalue weighted by Gasteiger charge is -2.35. The van der Waals surface area contributed by atoms with E-state index in [-0.39, 0.29) is 35.7 Å². The number of carbonyl (C=O) groups excluding carboxylic acids is 4. The van der Waals surface area contributed by atoms with Crippen molar-refractivity contribution in [2.45, 2.75) is 25.7 Å². The number of nitrogens with two attached hydrogens (primary N) is 1. The summed E-state index contributed by atoms with van der Waals surface area (Å²) in [5.74, 6) is -4.07. The summed E-state index contributed by atoms with van der Waals surface area (Å²) in [6.07, 6.45) is -0.506. The Morgan fingerprint density at radius 1 is 1.06 bits per heavy atom. The minimum atomic E-state index is -2.03. The third-order valence-corrected chi connectivity index (χ3v) is 4.91. The van der Waals surface area contributed by atoms with Crippen molar-refractivity contribution < 1.29 is 38.1 Å². The van der Waals surface area contributed by atoms with E-state index in [1.54, 1.807) is 38.1 Å². The monoisotopic (exact) mass is 430 g/mol. The van der Waals surface area contributed by atoms with E-state index < -0.39 is 41.5 Å². The zero-order valence-corrected chi connectivity index (χ0v) is 17.3. The SMILES string of the molecule is CCOC(=O)CC1=C(C(=O)OCC)[C@@]2(C(=O)Nc3ccccc32)C(C(=O)OC)=C(N)O1. The van der Waals surface area contributed by atoms with Gasteiger partial charge in [0.2, 0.25) is 11.8 Å². The molecule has 10 nitrogen and oxygen atoms in total. The van der Waals surface area contributed by atoms with E-state index >= 15 is 0 Å². The second-order valence-electron chi connectivity index (χ2n) is 6.58. The van der Waals surface area contributed by atoms with Gasteiger partial charge in [0.1, 0.15) is 28.7 Å². The number of fused-ring (bicyclic) bond motifs is 2. The number of hydrogen-bond acceptors (Lipinski definition) is 9. The molecule has 0 bridgehead atoms. The third-order valence-electron chi connectivity index (χ3n) is 4.91. The van der Waals surface area contributed by atoms with Crippen LogP contribution in [0.3, 0.4) is 0 Å². The van der Waals surface area contributed by atoms with Crippen LogP contribution in [0.25, 0.3) is 0 Å². The van der Waals surface area contributed by atoms with Gasteiger partial charge in [0.25, 0.3) is 0 Å². The van der Waals surface area contributed by atoms with Gasteiger partial charge in [0.15, 0.2) is 0 Å². The molecule has 0 radical (unpaired) electrons. The fraction of sp³-hybridized carbons (Fsp3) is 0.333. The summed E-state index contributed by atoms with van der Waals surface area (Å²) in [5, 5.41) is 2.66. The molecule has 0 saturated heterocycles. The van der Waals surface area contributed by atoms with Gasteiger partial charge in [0.05, 0.1) is 20.3 Å². The minimum absolute atomic E-state index is 0.0267. The van der Waals surface area contributed by atoms with Crippen molar-refractivity contribution in [1.82, 2.24) is 0 Å². The van der Waals surface area contributed by atoms with Crippen LogP contribution in [-0.4, -0.2) is 44.1 Å². The van der Waals surface area contributed by atoms with Crippen LogP contribution in [0.15, 0.2) is 47.1 Å². The van der Waals surface area contributed by atoms with Gasteiger partial charge in [-0.15, -0.1) is 0 Å². The molecule has 3 rings (SSSR count). The van der Waals surface area contributed by atoms with E-state index in [0.717, 1.165) is 7.11 Å². The Kier molecular flexibility index (Phi) is 6.00. The standard InChI is InChI=1S/C21H22N2O8/c1-4-29-14(24)10-13-15(19(26)30-5-2)21(16(17(22)31-13)18(25)28-3)11-8-6-7-9-12(11)23-20(21)27/h6-9H,4-5,10,22H2,1-3H3,(H,23,27)/t21-/m1/s1. The molecule has 0 unspecified atom stereocenters. The Labute approximate surface area is 178 Å². The first-order valence-corrected chi connectivity index (χ1v) is 9.56. The van der Waals surface area contributed by atoms with Gasteiger partial charge in [-0.05, 0) is 19.9 Å². The van der Waals surface area contributed by atoms with E-state index in [0.29, 0.717) is 5.69 Å². The molecule has 31 heavy (non-hydrogen) atoms. The van der Waals surface area contributed by atoms with E-state index in [9.17, 15) is 19.2 Å². The minimum Gasteiger partial charge on any atom is -0.466 e. The van der Waals surface area contributed by atoms with E-state index in [1.807, 2.05) is 0 Å². The molecule has 2 aliphatic rings. The lowest BCUT2D eigenvalue weighted by molar-refractivity contribution is -0.143. The number of nitrogens with one attached hydrogen (secondary N) is 1. The number of benzene rings is 1. The van der Waals surface area contributed by atoms with Crippen LogP contribution < -0.4 is 11.1 Å². The van der Waals surface area contributed by atoms with Crippen LogP contribution in [0.5, 0.6) is 0 Å². The Morgan fingerprint density at radius 3 is 2.39 bits per heavy atom. The largest absolute Gasteiger partial charge is 0.466 e. The van der Waals surface area contributed by atoms with E-state index in [4.69, 9.17) is 24.7 Å². The number of anilines is 1. The smallest absolute Gasteiger partial charge is 0.340 e. The van der Waals surface area contributed by atoms with Crippen molar-refractivity contribution in [2.24, 2.45) is 5.73 Å². The molecule has 1 aromatic carbocycles. The second-order valence-corrected chi connectivity index (χ2v) is 6.58. The number of hydrogen-bond donors (Lipinski definition) is 2. The molecule has 1 atom stereocenters. The molecular formula is C21H22N2O8. The lowest BCUT2D eigenvalue weighted by atomic mass is 9.67. The van der Waals surface area contributed by atoms with Crippen LogP contribution in [0.1, 0.15) is 25.8 Å². The summed E-state index contributed by atoms with van der Waals surface area (Å²) in [4.78, 5) is 51.5. The van der Waals surface area contributed by atoms with Crippen molar-refractivity contribution in [3.63, 3.8) is 0 Å². The fourth-order valence-electron chi connectivity index (χ4n) is 3.80. The maximum atomic E-state index is 13.4. The number of methoxy groups -OCH3 is 1. The van der Waals surface area contributed by atoms with Crippen LogP contribution in [0.2, 0.25) is 0 Å². The summed E-state index contributed by atoms with van der Waals surface area (Å²) < 4.78 is 20.5. The van der Waals surface area contributed by atoms with Gasteiger partial charge in [-0.25, -0.2) is 9.59 Å². The molecule has 0 aromatic heterocycles. The first-order valence-electron chi connectivity index (χ1n) is 9.56. The highest BCUT2D eigenvalue weighted by Gasteiger charge is 2.62. The number of ether oxygens (including phenoxy) is 4. The summed E-state index contributed by atoms with van der Waals surface area (Å²) in [6, 6.07) is 6.48. The topological polar surface area (TPSA) is 143 Å². The summed E-state index contributed by atoms with van der Waals surface area (Å²) in [6.45, 7) is 3.26. The average Bonchev–Trinajstić information content (AvgIpc) is 3.00. The number of para-hydroxylation sites is 1. The summed E-state index contributed by atoms with van der Waals surface area (Å²) in [5.41, 5.74) is 3.94. The molecule has 0 fully saturated rings. The highest BCUT2D eigenvalue weighted by atomic mass is 16.5. The predicted molar refractivity (Wildman–Crippen MR) is 106 cm³/mol. The van der Waals surface area contributed by atoms with Crippen LogP contribution >= 0.6 is 0 Å². The molecule has 164 valence electrons. The molecule has 2 heterocycles. The zero-order chi connectivity index (χ0) is 22.8. The van der Waals surface area contributed by atoms with Crippen molar-refractivity contribution >= 4 is 29.5 Å². The second kappa shape index (κ2) is 8.50. The molecule has 1 aromatic rings. The molecule has 10 heteroatoms. The third kappa shape index (κ3) is 3.39. The molecule has 1 spiro atoms. The first kappa shape index (κ1) is 21.9. The van der Waals surface area contributed by atoms with Crippen LogP contribution in [-0.2, 0) is 43.5 Å². The normalized spacial score (nSPS) is 19.5. The Bertz CT molecular complexity index is 1030. The molecule has 3 N–H and O–H groups in total. The van der Waals surface area contributed by atoms with Crippen molar-refractivity contribution in [1.29, 1.82) is 0 Å². The highest BCUT2D eigenvalue weighted by Crippen LogP contribution is 2.52. The molecule has 1 amide bonds. The molecular weight excluding hydrogens is 408 g/mol. The van der Waals surface area contributed by atoms with Crippen molar-refractivity contribution in [3.05, 3.63) is 52.6 Å². The Balaban J connectivity index is 2.38. The first-order chi connectivity index (χ1) is 14.8. The predicted octanol–water partition coefficient (Wildman–Crippen LogP) is 1.02. The van der Waals surface area contributed by atoms with Crippen LogP contribution in [0.4, 0.5) is 5.69 Å². The van der Waals surface area contributed by atoms with Crippen molar-refractivity contribution in [2.75, 3.05) is 25.6 Å². The van der Waals surface area contributed by atoms with E-state index in [2.05, 4.69) is 5.32 Å². The zero-order valence-electron chi connectivity index (χ0n) is 17.3. The lowest BCUT2D eigenvalue weighted by Crippen LogP contribution is -2.48. The number of carbonyl (C=O) groups is 4. The number of rotatable bonds is 6. The van der Waals surface area contributed by atoms with Gasteiger partial charge in [-0.1, -0.05) is 18.2 Å². The molecule has 2 aliphatic heterocycles. The summed E-state index contributed by atoms with van der Waals surface area (Å²) >= 11 is 0. The average molecular weight is 430 g/mol. The Morgan fingerprint density at radius 2 is 1.74 bits per heavy atom. The highest BCUT2D eigenvalue weighted by molar-refractivity contribution is 6.21. The van der Waals surface area contributed by atoms with Gasteiger partial charge >= 0.3 is 17.9 Å². The molecule has 0 aliphatic carbocycles. The maximum Gasteiger partial charge on any atom is 0.340 e. The van der Waals surface area contributed by atoms with Gasteiger partial charge < -0.3 is 30.0 Å².